The van der Waals surface area contributed by atoms with E-state index in [0.717, 1.165) is 18.5 Å². The molecule has 2 rings (SSSR count). The Balaban J connectivity index is 2.08. The van der Waals surface area contributed by atoms with Gasteiger partial charge in [0, 0.05) is 17.1 Å². The van der Waals surface area contributed by atoms with Crippen LogP contribution in [0.5, 0.6) is 0 Å². The first-order valence-electron chi connectivity index (χ1n) is 6.99. The van der Waals surface area contributed by atoms with Crippen molar-refractivity contribution in [3.8, 4) is 0 Å². The van der Waals surface area contributed by atoms with E-state index in [2.05, 4.69) is 26.1 Å². The third-order valence-corrected chi connectivity index (χ3v) is 4.22. The molecule has 0 atom stereocenters. The smallest absolute Gasteiger partial charge is 0.126 e. The molecule has 1 saturated carbocycles. The molecule has 0 aromatic heterocycles. The molecule has 0 aliphatic heterocycles. The maximum Gasteiger partial charge on any atom is 0.126 e. The largest absolute Gasteiger partial charge is 0.312 e. The summed E-state index contributed by atoms with van der Waals surface area (Å²) < 4.78 is 13.9. The van der Waals surface area contributed by atoms with E-state index in [4.69, 9.17) is 11.6 Å². The molecule has 19 heavy (non-hydrogen) atoms. The summed E-state index contributed by atoms with van der Waals surface area (Å²) in [6.07, 6.45) is 4.36. The van der Waals surface area contributed by atoms with E-state index < -0.39 is 0 Å². The number of halogens is 2. The van der Waals surface area contributed by atoms with Gasteiger partial charge >= 0.3 is 0 Å². The Morgan fingerprint density at radius 2 is 2.00 bits per heavy atom. The van der Waals surface area contributed by atoms with Crippen LogP contribution in [0, 0.1) is 11.2 Å². The Kier molecular flexibility index (Phi) is 4.22. The van der Waals surface area contributed by atoms with Crippen LogP contribution in [0.15, 0.2) is 18.2 Å². The molecule has 0 spiro atoms. The van der Waals surface area contributed by atoms with Crippen molar-refractivity contribution in [2.75, 3.05) is 6.54 Å². The highest BCUT2D eigenvalue weighted by Gasteiger charge is 2.38. The van der Waals surface area contributed by atoms with Gasteiger partial charge in [0.1, 0.15) is 5.82 Å². The average Bonchev–Trinajstić information content (AvgIpc) is 2.25. The molecule has 0 heterocycles. The predicted octanol–water partition coefficient (Wildman–Crippen LogP) is 4.58. The lowest BCUT2D eigenvalue weighted by Crippen LogP contribution is -2.48. The third kappa shape index (κ3) is 3.93. The lowest BCUT2D eigenvalue weighted by Gasteiger charge is -2.44. The van der Waals surface area contributed by atoms with Crippen LogP contribution in [0.25, 0.3) is 0 Å². The molecule has 106 valence electrons. The fourth-order valence-corrected chi connectivity index (χ4v) is 2.82. The lowest BCUT2D eigenvalue weighted by molar-refractivity contribution is 0.117. The van der Waals surface area contributed by atoms with Crippen molar-refractivity contribution in [3.63, 3.8) is 0 Å². The highest BCUT2D eigenvalue weighted by molar-refractivity contribution is 6.30. The van der Waals surface area contributed by atoms with Crippen LogP contribution in [0.2, 0.25) is 5.02 Å². The van der Waals surface area contributed by atoms with Crippen molar-refractivity contribution in [1.29, 1.82) is 0 Å². The van der Waals surface area contributed by atoms with Gasteiger partial charge < -0.3 is 5.32 Å². The average molecular weight is 284 g/mol. The molecule has 1 aliphatic rings. The summed E-state index contributed by atoms with van der Waals surface area (Å²) >= 11 is 5.97. The van der Waals surface area contributed by atoms with Gasteiger partial charge in [0.05, 0.1) is 0 Å². The standard InChI is InChI=1S/C16H23ClFN/c1-15(2,3)19-11-16(7-4-8-16)10-12-9-13(17)5-6-14(12)18/h5-6,9,19H,4,7-8,10-11H2,1-3H3. The van der Waals surface area contributed by atoms with E-state index in [1.54, 1.807) is 12.1 Å². The molecule has 1 nitrogen and oxygen atoms in total. The van der Waals surface area contributed by atoms with Crippen LogP contribution < -0.4 is 5.32 Å². The maximum atomic E-state index is 13.9. The molecule has 0 bridgehead atoms. The predicted molar refractivity (Wildman–Crippen MR) is 79.2 cm³/mol. The van der Waals surface area contributed by atoms with E-state index >= 15 is 0 Å². The fourth-order valence-electron chi connectivity index (χ4n) is 2.63. The molecular weight excluding hydrogens is 261 g/mol. The summed E-state index contributed by atoms with van der Waals surface area (Å²) in [4.78, 5) is 0. The minimum atomic E-state index is -0.133. The number of nitrogens with one attached hydrogen (secondary N) is 1. The monoisotopic (exact) mass is 283 g/mol. The van der Waals surface area contributed by atoms with Crippen molar-refractivity contribution in [2.24, 2.45) is 5.41 Å². The van der Waals surface area contributed by atoms with Crippen LogP contribution in [0.1, 0.15) is 45.6 Å². The Hall–Kier alpha value is -0.600. The highest BCUT2D eigenvalue weighted by Crippen LogP contribution is 2.44. The zero-order chi connectivity index (χ0) is 14.1. The topological polar surface area (TPSA) is 12.0 Å². The Bertz CT molecular complexity index is 447. The van der Waals surface area contributed by atoms with Gasteiger partial charge in [0.25, 0.3) is 0 Å². The summed E-state index contributed by atoms with van der Waals surface area (Å²) in [5.74, 6) is -0.133. The van der Waals surface area contributed by atoms with Crippen molar-refractivity contribution in [3.05, 3.63) is 34.6 Å². The van der Waals surface area contributed by atoms with Gasteiger partial charge in [-0.2, -0.15) is 0 Å². The van der Waals surface area contributed by atoms with Crippen LogP contribution in [0.4, 0.5) is 4.39 Å². The molecule has 1 aromatic rings. The van der Waals surface area contributed by atoms with Crippen molar-refractivity contribution in [1.82, 2.24) is 5.32 Å². The zero-order valence-corrected chi connectivity index (χ0v) is 12.8. The highest BCUT2D eigenvalue weighted by atomic mass is 35.5. The van der Waals surface area contributed by atoms with Crippen LogP contribution in [-0.2, 0) is 6.42 Å². The SMILES string of the molecule is CC(C)(C)NCC1(Cc2cc(Cl)ccc2F)CCC1. The first-order chi connectivity index (χ1) is 8.80. The quantitative estimate of drug-likeness (QED) is 0.853. The van der Waals surface area contributed by atoms with Gasteiger partial charge in [-0.05, 0) is 69.2 Å². The summed E-state index contributed by atoms with van der Waals surface area (Å²) in [5.41, 5.74) is 1.07. The first kappa shape index (κ1) is 14.8. The van der Waals surface area contributed by atoms with Gasteiger partial charge in [-0.15, -0.1) is 0 Å². The van der Waals surface area contributed by atoms with Gasteiger partial charge in [-0.25, -0.2) is 4.39 Å². The Labute approximate surface area is 120 Å². The Morgan fingerprint density at radius 1 is 1.32 bits per heavy atom. The van der Waals surface area contributed by atoms with E-state index in [-0.39, 0.29) is 16.8 Å². The van der Waals surface area contributed by atoms with Crippen molar-refractivity contribution < 1.29 is 4.39 Å². The fraction of sp³-hybridized carbons (Fsp3) is 0.625. The number of benzene rings is 1. The molecular formula is C16H23ClFN. The van der Waals surface area contributed by atoms with E-state index in [1.807, 2.05) is 0 Å². The van der Waals surface area contributed by atoms with Crippen LogP contribution in [0.3, 0.4) is 0 Å². The minimum absolute atomic E-state index is 0.107. The summed E-state index contributed by atoms with van der Waals surface area (Å²) in [6, 6.07) is 4.86. The van der Waals surface area contributed by atoms with Crippen LogP contribution in [-0.4, -0.2) is 12.1 Å². The van der Waals surface area contributed by atoms with Gasteiger partial charge in [-0.1, -0.05) is 18.0 Å². The maximum absolute atomic E-state index is 13.9. The number of hydrogen-bond donors (Lipinski definition) is 1. The number of rotatable bonds is 4. The van der Waals surface area contributed by atoms with Crippen molar-refractivity contribution in [2.45, 2.75) is 52.0 Å². The van der Waals surface area contributed by atoms with Crippen molar-refractivity contribution >= 4 is 11.6 Å². The lowest BCUT2D eigenvalue weighted by atomic mass is 9.65. The van der Waals surface area contributed by atoms with Gasteiger partial charge in [0.15, 0.2) is 0 Å². The summed E-state index contributed by atoms with van der Waals surface area (Å²) in [5, 5.41) is 4.18. The molecule has 0 saturated heterocycles. The van der Waals surface area contributed by atoms with Gasteiger partial charge in [0.2, 0.25) is 0 Å². The minimum Gasteiger partial charge on any atom is -0.312 e. The normalized spacial score (nSPS) is 18.2. The first-order valence-corrected chi connectivity index (χ1v) is 7.37. The second-order valence-corrected chi connectivity index (χ2v) is 7.31. The second kappa shape index (κ2) is 5.41. The molecule has 3 heteroatoms. The van der Waals surface area contributed by atoms with E-state index in [1.165, 1.54) is 25.3 Å². The molecule has 1 aliphatic carbocycles. The van der Waals surface area contributed by atoms with E-state index in [9.17, 15) is 4.39 Å². The molecule has 0 amide bonds. The van der Waals surface area contributed by atoms with Crippen LogP contribution >= 0.6 is 11.6 Å². The third-order valence-electron chi connectivity index (χ3n) is 3.98. The van der Waals surface area contributed by atoms with Gasteiger partial charge in [-0.3, -0.25) is 0 Å². The molecule has 1 N–H and O–H groups in total. The Morgan fingerprint density at radius 3 is 2.53 bits per heavy atom. The molecule has 1 fully saturated rings. The summed E-state index contributed by atoms with van der Waals surface area (Å²) in [7, 11) is 0. The van der Waals surface area contributed by atoms with E-state index in [0.29, 0.717) is 5.02 Å². The molecule has 0 radical (unpaired) electrons. The number of hydrogen-bond acceptors (Lipinski definition) is 1. The molecule has 1 aromatic carbocycles. The zero-order valence-electron chi connectivity index (χ0n) is 12.0. The molecule has 0 unspecified atom stereocenters. The summed E-state index contributed by atoms with van der Waals surface area (Å²) in [6.45, 7) is 7.44. The second-order valence-electron chi connectivity index (χ2n) is 6.87.